The average Bonchev–Trinajstić information content (AvgIpc) is 2.96. The van der Waals surface area contributed by atoms with Crippen LogP contribution in [0.4, 0.5) is 0 Å². The quantitative estimate of drug-likeness (QED) is 0.752. The van der Waals surface area contributed by atoms with Crippen molar-refractivity contribution in [2.45, 2.75) is 33.4 Å². The predicted molar refractivity (Wildman–Crippen MR) is 74.1 cm³/mol. The molecule has 0 bridgehead atoms. The Bertz CT molecular complexity index is 586. The predicted octanol–water partition coefficient (Wildman–Crippen LogP) is 2.18. The van der Waals surface area contributed by atoms with Crippen molar-refractivity contribution in [1.29, 1.82) is 0 Å². The van der Waals surface area contributed by atoms with Crippen LogP contribution in [0.1, 0.15) is 25.2 Å². The first-order valence-corrected chi connectivity index (χ1v) is 6.54. The summed E-state index contributed by atoms with van der Waals surface area (Å²) in [5, 5.41) is 19.1. The number of furan rings is 1. The van der Waals surface area contributed by atoms with E-state index in [9.17, 15) is 4.79 Å². The molecule has 20 heavy (non-hydrogen) atoms. The minimum absolute atomic E-state index is 0.00806. The molecule has 0 saturated carbocycles. The summed E-state index contributed by atoms with van der Waals surface area (Å²) in [7, 11) is 0. The molecular formula is C14H19N3O3. The van der Waals surface area contributed by atoms with Crippen molar-refractivity contribution < 1.29 is 14.3 Å². The Morgan fingerprint density at radius 1 is 1.50 bits per heavy atom. The topological polar surface area (TPSA) is 91.2 Å². The molecule has 0 aliphatic rings. The van der Waals surface area contributed by atoms with E-state index >= 15 is 0 Å². The fraction of sp³-hybridized carbons (Fsp3) is 0.429. The molecule has 2 aromatic rings. The highest BCUT2D eigenvalue weighted by atomic mass is 16.4. The fourth-order valence-corrected chi connectivity index (χ4v) is 2.06. The van der Waals surface area contributed by atoms with Gasteiger partial charge in [-0.2, -0.15) is 5.10 Å². The molecule has 1 atom stereocenters. The molecule has 0 radical (unpaired) electrons. The summed E-state index contributed by atoms with van der Waals surface area (Å²) in [5.41, 5.74) is 1.66. The van der Waals surface area contributed by atoms with Crippen LogP contribution in [-0.2, 0) is 11.3 Å². The van der Waals surface area contributed by atoms with Crippen LogP contribution < -0.4 is 5.32 Å². The average molecular weight is 277 g/mol. The minimum atomic E-state index is -0.848. The number of H-pyrrole nitrogens is 1. The highest BCUT2D eigenvalue weighted by molar-refractivity contribution is 5.73. The van der Waals surface area contributed by atoms with Gasteiger partial charge in [-0.1, -0.05) is 13.8 Å². The first kappa shape index (κ1) is 14.3. The smallest absolute Gasteiger partial charge is 0.320 e. The number of carboxylic acid groups (broad SMARTS) is 1. The summed E-state index contributed by atoms with van der Waals surface area (Å²) in [6.45, 7) is 6.04. The Morgan fingerprint density at radius 2 is 2.25 bits per heavy atom. The second-order valence-electron chi connectivity index (χ2n) is 5.12. The summed E-state index contributed by atoms with van der Waals surface area (Å²) in [5.74, 6) is 0.680. The van der Waals surface area contributed by atoms with E-state index in [1.54, 1.807) is 6.20 Å². The third-order valence-electron chi connectivity index (χ3n) is 3.15. The molecule has 0 aliphatic heterocycles. The number of hydrogen-bond acceptors (Lipinski definition) is 4. The molecule has 2 rings (SSSR count). The maximum atomic E-state index is 11.2. The molecule has 1 unspecified atom stereocenters. The number of aromatic amines is 1. The van der Waals surface area contributed by atoms with Crippen molar-refractivity contribution in [3.8, 4) is 11.5 Å². The maximum Gasteiger partial charge on any atom is 0.320 e. The van der Waals surface area contributed by atoms with E-state index < -0.39 is 12.0 Å². The van der Waals surface area contributed by atoms with E-state index in [1.165, 1.54) is 0 Å². The van der Waals surface area contributed by atoms with Gasteiger partial charge in [-0.05, 0) is 25.0 Å². The van der Waals surface area contributed by atoms with Crippen LogP contribution in [0, 0.1) is 12.8 Å². The summed E-state index contributed by atoms with van der Waals surface area (Å²) >= 11 is 0. The normalized spacial score (nSPS) is 12.8. The highest BCUT2D eigenvalue weighted by Gasteiger charge is 2.21. The molecule has 0 fully saturated rings. The lowest BCUT2D eigenvalue weighted by molar-refractivity contribution is -0.140. The Labute approximate surface area is 117 Å². The van der Waals surface area contributed by atoms with Gasteiger partial charge in [-0.25, -0.2) is 0 Å². The first-order chi connectivity index (χ1) is 9.49. The molecule has 108 valence electrons. The number of aromatic nitrogens is 2. The van der Waals surface area contributed by atoms with Gasteiger partial charge >= 0.3 is 5.97 Å². The van der Waals surface area contributed by atoms with E-state index in [0.29, 0.717) is 12.3 Å². The van der Waals surface area contributed by atoms with Crippen LogP contribution in [-0.4, -0.2) is 27.3 Å². The van der Waals surface area contributed by atoms with Gasteiger partial charge in [0, 0.05) is 12.1 Å². The van der Waals surface area contributed by atoms with Crippen molar-refractivity contribution in [2.75, 3.05) is 0 Å². The molecule has 3 N–H and O–H groups in total. The third kappa shape index (κ3) is 3.08. The summed E-state index contributed by atoms with van der Waals surface area (Å²) in [4.78, 5) is 11.2. The zero-order valence-corrected chi connectivity index (χ0v) is 11.8. The van der Waals surface area contributed by atoms with Crippen LogP contribution in [0.25, 0.3) is 11.5 Å². The van der Waals surface area contributed by atoms with Crippen LogP contribution in [0.15, 0.2) is 22.7 Å². The molecule has 0 aromatic carbocycles. The molecule has 6 heteroatoms. The minimum Gasteiger partial charge on any atom is -0.480 e. The number of nitrogens with one attached hydrogen (secondary N) is 2. The SMILES string of the molecule is Cc1ccc(-c2[nH]ncc2CNC(C(=O)O)C(C)C)o1. The number of rotatable bonds is 6. The molecule has 0 spiro atoms. The monoisotopic (exact) mass is 277 g/mol. The summed E-state index contributed by atoms with van der Waals surface area (Å²) in [6.07, 6.45) is 1.68. The van der Waals surface area contributed by atoms with Crippen molar-refractivity contribution in [3.05, 3.63) is 29.7 Å². The third-order valence-corrected chi connectivity index (χ3v) is 3.15. The fourth-order valence-electron chi connectivity index (χ4n) is 2.06. The Balaban J connectivity index is 2.11. The lowest BCUT2D eigenvalue weighted by Crippen LogP contribution is -2.40. The number of hydrogen-bond donors (Lipinski definition) is 3. The van der Waals surface area contributed by atoms with Gasteiger partial charge in [0.05, 0.1) is 6.20 Å². The van der Waals surface area contributed by atoms with Gasteiger partial charge in [-0.15, -0.1) is 0 Å². The number of aryl methyl sites for hydroxylation is 1. The summed E-state index contributed by atoms with van der Waals surface area (Å²) < 4.78 is 5.55. The van der Waals surface area contributed by atoms with Crippen LogP contribution in [0.3, 0.4) is 0 Å². The first-order valence-electron chi connectivity index (χ1n) is 6.54. The largest absolute Gasteiger partial charge is 0.480 e. The lowest BCUT2D eigenvalue weighted by Gasteiger charge is -2.17. The number of aliphatic carboxylic acids is 1. The second kappa shape index (κ2) is 5.92. The highest BCUT2D eigenvalue weighted by Crippen LogP contribution is 2.23. The molecule has 0 amide bonds. The molecule has 2 heterocycles. The van der Waals surface area contributed by atoms with Crippen LogP contribution >= 0.6 is 0 Å². The zero-order chi connectivity index (χ0) is 14.7. The van der Waals surface area contributed by atoms with E-state index in [4.69, 9.17) is 9.52 Å². The van der Waals surface area contributed by atoms with Crippen LogP contribution in [0.2, 0.25) is 0 Å². The maximum absolute atomic E-state index is 11.2. The van der Waals surface area contributed by atoms with Crippen molar-refractivity contribution >= 4 is 5.97 Å². The van der Waals surface area contributed by atoms with Gasteiger partial charge in [0.1, 0.15) is 17.5 Å². The van der Waals surface area contributed by atoms with E-state index in [-0.39, 0.29) is 5.92 Å². The van der Waals surface area contributed by atoms with Gasteiger partial charge in [0.15, 0.2) is 5.76 Å². The Kier molecular flexibility index (Phi) is 4.24. The summed E-state index contributed by atoms with van der Waals surface area (Å²) in [6, 6.07) is 3.15. The van der Waals surface area contributed by atoms with E-state index in [1.807, 2.05) is 32.9 Å². The molecule has 0 aliphatic carbocycles. The van der Waals surface area contributed by atoms with Crippen molar-refractivity contribution in [2.24, 2.45) is 5.92 Å². The lowest BCUT2D eigenvalue weighted by atomic mass is 10.0. The van der Waals surface area contributed by atoms with Gasteiger partial charge in [-0.3, -0.25) is 15.2 Å². The molecule has 0 saturated heterocycles. The Morgan fingerprint density at radius 3 is 2.80 bits per heavy atom. The van der Waals surface area contributed by atoms with Gasteiger partial charge < -0.3 is 9.52 Å². The number of carboxylic acids is 1. The standard InChI is InChI=1S/C14H19N3O3/c1-8(2)12(14(18)19)15-6-10-7-16-17-13(10)11-5-4-9(3)20-11/h4-5,7-8,12,15H,6H2,1-3H3,(H,16,17)(H,18,19). The second-order valence-corrected chi connectivity index (χ2v) is 5.12. The molecule has 6 nitrogen and oxygen atoms in total. The van der Waals surface area contributed by atoms with Gasteiger partial charge in [0.25, 0.3) is 0 Å². The van der Waals surface area contributed by atoms with Crippen LogP contribution in [0.5, 0.6) is 0 Å². The van der Waals surface area contributed by atoms with Crippen molar-refractivity contribution in [3.63, 3.8) is 0 Å². The van der Waals surface area contributed by atoms with Gasteiger partial charge in [0.2, 0.25) is 0 Å². The molecular weight excluding hydrogens is 258 g/mol. The van der Waals surface area contributed by atoms with E-state index in [0.717, 1.165) is 17.0 Å². The number of nitrogens with zero attached hydrogens (tertiary/aromatic N) is 1. The molecule has 2 aromatic heterocycles. The Hall–Kier alpha value is -2.08. The van der Waals surface area contributed by atoms with E-state index in [2.05, 4.69) is 15.5 Å². The number of carbonyl (C=O) groups is 1. The zero-order valence-electron chi connectivity index (χ0n) is 11.8. The van der Waals surface area contributed by atoms with Crippen molar-refractivity contribution in [1.82, 2.24) is 15.5 Å².